The van der Waals surface area contributed by atoms with E-state index in [1.165, 1.54) is 10.9 Å². The molecular formula is C28H27N3O2. The number of para-hydroxylation sites is 2. The van der Waals surface area contributed by atoms with Crippen LogP contribution >= 0.6 is 0 Å². The maximum atomic E-state index is 13.7. The number of nitrogens with zero attached hydrogens (tertiary/aromatic N) is 2. The first-order chi connectivity index (χ1) is 16.0. The summed E-state index contributed by atoms with van der Waals surface area (Å²) >= 11 is 0. The average Bonchev–Trinajstić information content (AvgIpc) is 3.21. The summed E-state index contributed by atoms with van der Waals surface area (Å²) in [6, 6.07) is 23.5. The number of H-pyrrole nitrogens is 1. The minimum atomic E-state index is -0.0666. The van der Waals surface area contributed by atoms with Gasteiger partial charge in [0.05, 0.1) is 22.7 Å². The molecule has 0 radical (unpaired) electrons. The lowest BCUT2D eigenvalue weighted by molar-refractivity contribution is 0.242. The van der Waals surface area contributed by atoms with Crippen LogP contribution in [-0.4, -0.2) is 20.6 Å². The van der Waals surface area contributed by atoms with Gasteiger partial charge in [-0.15, -0.1) is 0 Å². The van der Waals surface area contributed by atoms with Gasteiger partial charge in [-0.1, -0.05) is 43.3 Å². The van der Waals surface area contributed by atoms with E-state index in [0.717, 1.165) is 29.2 Å². The number of nitrogens with one attached hydrogen (secondary N) is 1. The van der Waals surface area contributed by atoms with Gasteiger partial charge in [-0.2, -0.15) is 0 Å². The zero-order chi connectivity index (χ0) is 22.9. The Kier molecular flexibility index (Phi) is 5.47. The van der Waals surface area contributed by atoms with Crippen molar-refractivity contribution in [2.45, 2.75) is 39.2 Å². The molecule has 0 spiro atoms. The molecule has 1 unspecified atom stereocenters. The van der Waals surface area contributed by atoms with E-state index in [2.05, 4.69) is 36.3 Å². The molecule has 33 heavy (non-hydrogen) atoms. The van der Waals surface area contributed by atoms with E-state index in [4.69, 9.17) is 9.72 Å². The molecule has 2 heterocycles. The summed E-state index contributed by atoms with van der Waals surface area (Å²) in [6.45, 7) is 6.11. The van der Waals surface area contributed by atoms with Gasteiger partial charge in [0.15, 0.2) is 0 Å². The van der Waals surface area contributed by atoms with E-state index < -0.39 is 0 Å². The lowest BCUT2D eigenvalue weighted by atomic mass is 9.99. The van der Waals surface area contributed by atoms with Gasteiger partial charge < -0.3 is 9.72 Å². The molecular weight excluding hydrogens is 410 g/mol. The van der Waals surface area contributed by atoms with E-state index in [9.17, 15) is 4.79 Å². The van der Waals surface area contributed by atoms with Crippen LogP contribution in [0.3, 0.4) is 0 Å². The number of rotatable bonds is 6. The third-order valence-corrected chi connectivity index (χ3v) is 5.89. The Hall–Kier alpha value is -3.86. The average molecular weight is 438 g/mol. The molecule has 5 aromatic rings. The Bertz CT molecular complexity index is 1500. The molecule has 0 aliphatic rings. The van der Waals surface area contributed by atoms with Crippen LogP contribution in [0.4, 0.5) is 0 Å². The monoisotopic (exact) mass is 437 g/mol. The summed E-state index contributed by atoms with van der Waals surface area (Å²) in [5.74, 6) is 1.49. The first-order valence-electron chi connectivity index (χ1n) is 11.3. The highest BCUT2D eigenvalue weighted by molar-refractivity contribution is 5.83. The van der Waals surface area contributed by atoms with Crippen LogP contribution < -0.4 is 10.3 Å². The van der Waals surface area contributed by atoms with Gasteiger partial charge in [0.1, 0.15) is 11.6 Å². The predicted molar refractivity (Wildman–Crippen MR) is 134 cm³/mol. The highest BCUT2D eigenvalue weighted by Crippen LogP contribution is 2.27. The zero-order valence-electron chi connectivity index (χ0n) is 19.1. The van der Waals surface area contributed by atoms with E-state index in [0.29, 0.717) is 10.9 Å². The number of hydrogen-bond acceptors (Lipinski definition) is 3. The molecule has 0 saturated carbocycles. The normalized spacial score (nSPS) is 12.5. The minimum Gasteiger partial charge on any atom is -0.491 e. The van der Waals surface area contributed by atoms with E-state index >= 15 is 0 Å². The van der Waals surface area contributed by atoms with Gasteiger partial charge >= 0.3 is 0 Å². The molecule has 0 aliphatic carbocycles. The second-order valence-corrected chi connectivity index (χ2v) is 8.76. The summed E-state index contributed by atoms with van der Waals surface area (Å²) in [5, 5.41) is 1.81. The second-order valence-electron chi connectivity index (χ2n) is 8.76. The van der Waals surface area contributed by atoms with Gasteiger partial charge in [0, 0.05) is 29.1 Å². The number of benzene rings is 3. The Morgan fingerprint density at radius 3 is 2.52 bits per heavy atom. The fraction of sp³-hybridized carbons (Fsp3) is 0.214. The minimum absolute atomic E-state index is 0.0104. The summed E-state index contributed by atoms with van der Waals surface area (Å²) in [6.07, 6.45) is 2.87. The summed E-state index contributed by atoms with van der Waals surface area (Å²) in [5.41, 5.74) is 3.74. The molecule has 0 aliphatic heterocycles. The van der Waals surface area contributed by atoms with Crippen molar-refractivity contribution in [2.75, 3.05) is 0 Å². The van der Waals surface area contributed by atoms with Crippen LogP contribution in [0, 0.1) is 0 Å². The topological polar surface area (TPSA) is 59.9 Å². The molecule has 2 aromatic heterocycles. The number of aromatic amines is 1. The van der Waals surface area contributed by atoms with Crippen molar-refractivity contribution in [3.63, 3.8) is 0 Å². The number of ether oxygens (including phenoxy) is 1. The molecule has 5 heteroatoms. The molecule has 5 rings (SSSR count). The highest BCUT2D eigenvalue weighted by Gasteiger charge is 2.20. The Labute approximate surface area is 192 Å². The number of fused-ring (bicyclic) bond motifs is 2. The van der Waals surface area contributed by atoms with Crippen LogP contribution in [0.2, 0.25) is 0 Å². The Balaban J connectivity index is 1.65. The van der Waals surface area contributed by atoms with Crippen molar-refractivity contribution in [1.29, 1.82) is 0 Å². The Morgan fingerprint density at radius 1 is 0.939 bits per heavy atom. The van der Waals surface area contributed by atoms with Gasteiger partial charge in [0.25, 0.3) is 5.56 Å². The quantitative estimate of drug-likeness (QED) is 0.354. The van der Waals surface area contributed by atoms with E-state index in [1.54, 1.807) is 4.57 Å². The molecule has 0 bridgehead atoms. The molecule has 5 nitrogen and oxygen atoms in total. The lowest BCUT2D eigenvalue weighted by Crippen LogP contribution is -2.25. The summed E-state index contributed by atoms with van der Waals surface area (Å²) in [4.78, 5) is 22.0. The SMILES string of the molecule is CC(C)Oc1cccc(-n2c(C(C)Cc3c[nH]c4ccccc34)nc3ccccc3c2=O)c1. The largest absolute Gasteiger partial charge is 0.491 e. The molecule has 1 atom stereocenters. The number of aromatic nitrogens is 3. The van der Waals surface area contributed by atoms with Gasteiger partial charge in [-0.05, 0) is 56.2 Å². The van der Waals surface area contributed by atoms with Crippen molar-refractivity contribution < 1.29 is 4.74 Å². The van der Waals surface area contributed by atoms with Crippen molar-refractivity contribution in [1.82, 2.24) is 14.5 Å². The second kappa shape index (κ2) is 8.58. The van der Waals surface area contributed by atoms with Crippen LogP contribution in [0.25, 0.3) is 27.5 Å². The van der Waals surface area contributed by atoms with Crippen LogP contribution in [0.15, 0.2) is 83.8 Å². The maximum Gasteiger partial charge on any atom is 0.265 e. The van der Waals surface area contributed by atoms with Crippen LogP contribution in [0.1, 0.15) is 38.1 Å². The molecule has 0 amide bonds. The Morgan fingerprint density at radius 2 is 1.70 bits per heavy atom. The molecule has 166 valence electrons. The predicted octanol–water partition coefficient (Wildman–Crippen LogP) is 6.00. The van der Waals surface area contributed by atoms with Crippen LogP contribution in [-0.2, 0) is 6.42 Å². The van der Waals surface area contributed by atoms with Gasteiger partial charge in [-0.3, -0.25) is 9.36 Å². The maximum absolute atomic E-state index is 13.7. The van der Waals surface area contributed by atoms with Crippen molar-refractivity contribution in [3.8, 4) is 11.4 Å². The molecule has 0 saturated heterocycles. The first kappa shape index (κ1) is 21.0. The molecule has 3 aromatic carbocycles. The fourth-order valence-electron chi connectivity index (χ4n) is 4.42. The van der Waals surface area contributed by atoms with E-state index in [-0.39, 0.29) is 17.6 Å². The van der Waals surface area contributed by atoms with Gasteiger partial charge in [0.2, 0.25) is 0 Å². The lowest BCUT2D eigenvalue weighted by Gasteiger charge is -2.19. The smallest absolute Gasteiger partial charge is 0.265 e. The number of hydrogen-bond donors (Lipinski definition) is 1. The van der Waals surface area contributed by atoms with Crippen molar-refractivity contribution in [2.24, 2.45) is 0 Å². The first-order valence-corrected chi connectivity index (χ1v) is 11.3. The highest BCUT2D eigenvalue weighted by atomic mass is 16.5. The zero-order valence-corrected chi connectivity index (χ0v) is 19.1. The summed E-state index contributed by atoms with van der Waals surface area (Å²) in [7, 11) is 0. The third kappa shape index (κ3) is 4.02. The van der Waals surface area contributed by atoms with Crippen molar-refractivity contribution in [3.05, 3.63) is 101 Å². The summed E-state index contributed by atoms with van der Waals surface area (Å²) < 4.78 is 7.64. The third-order valence-electron chi connectivity index (χ3n) is 5.89. The molecule has 0 fully saturated rings. The standard InChI is InChI=1S/C28H27N3O2/c1-18(2)33-22-10-8-9-21(16-22)31-27(30-26-14-7-5-12-24(26)28(31)32)19(3)15-20-17-29-25-13-6-4-11-23(20)25/h4-14,16-19,29H,15H2,1-3H3. The van der Waals surface area contributed by atoms with Crippen LogP contribution in [0.5, 0.6) is 5.75 Å². The van der Waals surface area contributed by atoms with Gasteiger partial charge in [-0.25, -0.2) is 4.98 Å². The van der Waals surface area contributed by atoms with Crippen molar-refractivity contribution >= 4 is 21.8 Å². The fourth-order valence-corrected chi connectivity index (χ4v) is 4.42. The van der Waals surface area contributed by atoms with E-state index in [1.807, 2.05) is 68.4 Å². The molecule has 1 N–H and O–H groups in total.